The minimum atomic E-state index is 0.385. The van der Waals surface area contributed by atoms with E-state index < -0.39 is 0 Å². The quantitative estimate of drug-likeness (QED) is 0.809. The third kappa shape index (κ3) is 4.15. The number of ether oxygens (including phenoxy) is 1. The predicted molar refractivity (Wildman–Crippen MR) is 73.1 cm³/mol. The van der Waals surface area contributed by atoms with Crippen LogP contribution in [0.2, 0.25) is 0 Å². The number of hydrogen-bond acceptors (Lipinski definition) is 7. The van der Waals surface area contributed by atoms with E-state index in [0.717, 1.165) is 22.4 Å². The van der Waals surface area contributed by atoms with Gasteiger partial charge in [0.15, 0.2) is 5.82 Å². The lowest BCUT2D eigenvalue weighted by atomic mass is 10.5. The van der Waals surface area contributed by atoms with Crippen LogP contribution in [0.5, 0.6) is 0 Å². The predicted octanol–water partition coefficient (Wildman–Crippen LogP) is 2.00. The summed E-state index contributed by atoms with van der Waals surface area (Å²) in [5.41, 5.74) is 0. The Balaban J connectivity index is 2.23. The van der Waals surface area contributed by atoms with E-state index in [4.69, 9.17) is 4.74 Å². The molecular formula is C12H15N5OS. The molecule has 2 aromatic heterocycles. The van der Waals surface area contributed by atoms with Crippen LogP contribution in [0.15, 0.2) is 34.7 Å². The number of aromatic nitrogens is 4. The molecule has 2 rings (SSSR count). The molecule has 100 valence electrons. The van der Waals surface area contributed by atoms with Crippen LogP contribution in [-0.2, 0) is 11.3 Å². The Bertz CT molecular complexity index is 499. The zero-order chi connectivity index (χ0) is 13.5. The average molecular weight is 277 g/mol. The first-order valence-corrected chi connectivity index (χ1v) is 6.68. The summed E-state index contributed by atoms with van der Waals surface area (Å²) in [5, 5.41) is 4.86. The molecule has 0 atom stereocenters. The Hall–Kier alpha value is -1.73. The molecule has 0 aliphatic rings. The van der Waals surface area contributed by atoms with Crippen LogP contribution >= 0.6 is 11.8 Å². The summed E-state index contributed by atoms with van der Waals surface area (Å²) in [6.45, 7) is 3.22. The van der Waals surface area contributed by atoms with Crippen LogP contribution in [0, 0.1) is 0 Å². The van der Waals surface area contributed by atoms with Gasteiger partial charge in [-0.3, -0.25) is 0 Å². The van der Waals surface area contributed by atoms with Crippen LogP contribution in [-0.4, -0.2) is 33.6 Å². The molecule has 19 heavy (non-hydrogen) atoms. The summed E-state index contributed by atoms with van der Waals surface area (Å²) in [4.78, 5) is 16.8. The summed E-state index contributed by atoms with van der Waals surface area (Å²) in [7, 11) is 1.63. The molecular weight excluding hydrogens is 262 g/mol. The van der Waals surface area contributed by atoms with Gasteiger partial charge in [0.1, 0.15) is 28.8 Å². The van der Waals surface area contributed by atoms with Gasteiger partial charge < -0.3 is 10.1 Å². The smallest absolute Gasteiger partial charge is 0.157 e. The lowest BCUT2D eigenvalue weighted by Crippen LogP contribution is -2.05. The highest BCUT2D eigenvalue weighted by Gasteiger charge is 2.06. The van der Waals surface area contributed by atoms with Crippen molar-refractivity contribution in [3.8, 4) is 0 Å². The van der Waals surface area contributed by atoms with Gasteiger partial charge in [-0.15, -0.1) is 0 Å². The first-order valence-electron chi connectivity index (χ1n) is 5.86. The van der Waals surface area contributed by atoms with E-state index in [1.807, 2.05) is 19.1 Å². The number of rotatable bonds is 6. The Morgan fingerprint density at radius 3 is 2.89 bits per heavy atom. The van der Waals surface area contributed by atoms with Crippen LogP contribution in [0.3, 0.4) is 0 Å². The molecule has 0 aliphatic heterocycles. The van der Waals surface area contributed by atoms with Gasteiger partial charge in [-0.05, 0) is 24.8 Å². The van der Waals surface area contributed by atoms with Gasteiger partial charge in [-0.1, -0.05) is 0 Å². The normalized spacial score (nSPS) is 10.4. The maximum Gasteiger partial charge on any atom is 0.157 e. The Morgan fingerprint density at radius 2 is 2.21 bits per heavy atom. The van der Waals surface area contributed by atoms with Crippen LogP contribution < -0.4 is 5.32 Å². The molecule has 2 aromatic rings. The second-order valence-electron chi connectivity index (χ2n) is 3.62. The monoisotopic (exact) mass is 277 g/mol. The van der Waals surface area contributed by atoms with Crippen molar-refractivity contribution < 1.29 is 4.74 Å². The standard InChI is InChI=1S/C12H15N5OS/c1-3-14-9-6-12(17-10(16-9)7-18-2)19-11-4-5-13-8-15-11/h4-6,8H,3,7H2,1-2H3,(H,14,16,17). The summed E-state index contributed by atoms with van der Waals surface area (Å²) >= 11 is 1.47. The van der Waals surface area contributed by atoms with E-state index in [1.54, 1.807) is 13.3 Å². The van der Waals surface area contributed by atoms with Gasteiger partial charge in [-0.2, -0.15) is 0 Å². The molecule has 2 heterocycles. The van der Waals surface area contributed by atoms with Crippen LogP contribution in [0.1, 0.15) is 12.7 Å². The zero-order valence-corrected chi connectivity index (χ0v) is 11.6. The molecule has 0 aromatic carbocycles. The molecule has 0 aliphatic carbocycles. The van der Waals surface area contributed by atoms with Crippen LogP contribution in [0.25, 0.3) is 0 Å². The second kappa shape index (κ2) is 7.01. The first-order chi connectivity index (χ1) is 9.31. The molecule has 0 fully saturated rings. The molecule has 6 nitrogen and oxygen atoms in total. The molecule has 0 unspecified atom stereocenters. The fraction of sp³-hybridized carbons (Fsp3) is 0.333. The average Bonchev–Trinajstić information content (AvgIpc) is 2.40. The first kappa shape index (κ1) is 13.7. The van der Waals surface area contributed by atoms with Crippen molar-refractivity contribution in [3.63, 3.8) is 0 Å². The van der Waals surface area contributed by atoms with E-state index in [-0.39, 0.29) is 0 Å². The minimum Gasteiger partial charge on any atom is -0.377 e. The summed E-state index contributed by atoms with van der Waals surface area (Å²) in [6, 6.07) is 3.74. The Morgan fingerprint density at radius 1 is 1.32 bits per heavy atom. The highest BCUT2D eigenvalue weighted by atomic mass is 32.2. The number of anilines is 1. The van der Waals surface area contributed by atoms with Crippen molar-refractivity contribution in [2.75, 3.05) is 19.0 Å². The van der Waals surface area contributed by atoms with E-state index in [0.29, 0.717) is 12.4 Å². The van der Waals surface area contributed by atoms with E-state index in [9.17, 15) is 0 Å². The molecule has 0 spiro atoms. The highest BCUT2D eigenvalue weighted by Crippen LogP contribution is 2.25. The number of methoxy groups -OCH3 is 1. The Labute approximate surface area is 116 Å². The fourth-order valence-electron chi connectivity index (χ4n) is 1.44. The van der Waals surface area contributed by atoms with Gasteiger partial charge in [-0.25, -0.2) is 19.9 Å². The van der Waals surface area contributed by atoms with E-state index >= 15 is 0 Å². The highest BCUT2D eigenvalue weighted by molar-refractivity contribution is 7.99. The third-order valence-corrected chi connectivity index (χ3v) is 3.01. The Kier molecular flexibility index (Phi) is 5.05. The van der Waals surface area contributed by atoms with Crippen molar-refractivity contribution in [3.05, 3.63) is 30.5 Å². The van der Waals surface area contributed by atoms with Gasteiger partial charge >= 0.3 is 0 Å². The lowest BCUT2D eigenvalue weighted by molar-refractivity contribution is 0.177. The van der Waals surface area contributed by atoms with Crippen molar-refractivity contribution in [2.24, 2.45) is 0 Å². The number of nitrogens with zero attached hydrogens (tertiary/aromatic N) is 4. The van der Waals surface area contributed by atoms with Gasteiger partial charge in [0.2, 0.25) is 0 Å². The minimum absolute atomic E-state index is 0.385. The lowest BCUT2D eigenvalue weighted by Gasteiger charge is -2.07. The summed E-state index contributed by atoms with van der Waals surface area (Å²) in [6.07, 6.45) is 3.22. The largest absolute Gasteiger partial charge is 0.377 e. The van der Waals surface area contributed by atoms with E-state index in [2.05, 4.69) is 25.3 Å². The second-order valence-corrected chi connectivity index (χ2v) is 4.66. The van der Waals surface area contributed by atoms with Gasteiger partial charge in [0, 0.05) is 25.9 Å². The van der Waals surface area contributed by atoms with Crippen LogP contribution in [0.4, 0.5) is 5.82 Å². The van der Waals surface area contributed by atoms with Crippen molar-refractivity contribution in [2.45, 2.75) is 23.6 Å². The summed E-state index contributed by atoms with van der Waals surface area (Å²) in [5.74, 6) is 1.44. The van der Waals surface area contributed by atoms with Gasteiger partial charge in [0.25, 0.3) is 0 Å². The SMILES string of the molecule is CCNc1cc(Sc2ccncn2)nc(COC)n1. The van der Waals surface area contributed by atoms with Crippen molar-refractivity contribution >= 4 is 17.6 Å². The van der Waals surface area contributed by atoms with E-state index in [1.165, 1.54) is 18.1 Å². The maximum atomic E-state index is 5.08. The fourth-order valence-corrected chi connectivity index (χ4v) is 2.20. The molecule has 7 heteroatoms. The van der Waals surface area contributed by atoms with Crippen molar-refractivity contribution in [1.82, 2.24) is 19.9 Å². The molecule has 0 bridgehead atoms. The zero-order valence-electron chi connectivity index (χ0n) is 10.8. The molecule has 0 saturated carbocycles. The topological polar surface area (TPSA) is 72.8 Å². The van der Waals surface area contributed by atoms with Gasteiger partial charge in [0.05, 0.1) is 0 Å². The number of nitrogens with one attached hydrogen (secondary N) is 1. The number of hydrogen-bond donors (Lipinski definition) is 1. The molecule has 1 N–H and O–H groups in total. The summed E-state index contributed by atoms with van der Waals surface area (Å²) < 4.78 is 5.08. The maximum absolute atomic E-state index is 5.08. The molecule has 0 amide bonds. The third-order valence-electron chi connectivity index (χ3n) is 2.14. The molecule has 0 radical (unpaired) electrons. The van der Waals surface area contributed by atoms with Crippen molar-refractivity contribution in [1.29, 1.82) is 0 Å². The molecule has 0 saturated heterocycles.